The molecule has 3 nitrogen and oxygen atoms in total. The molecular weight excluding hydrogens is 222 g/mol. The van der Waals surface area contributed by atoms with Crippen LogP contribution in [0.3, 0.4) is 0 Å². The van der Waals surface area contributed by atoms with E-state index in [1.54, 1.807) is 0 Å². The smallest absolute Gasteiger partial charge is 0.152 e. The molecule has 0 aromatic carbocycles. The van der Waals surface area contributed by atoms with Gasteiger partial charge in [0.15, 0.2) is 9.84 Å². The Labute approximate surface area is 97.2 Å². The molecule has 90 valence electrons. The first-order chi connectivity index (χ1) is 7.48. The highest BCUT2D eigenvalue weighted by Crippen LogP contribution is 2.44. The van der Waals surface area contributed by atoms with Gasteiger partial charge in [-0.15, -0.1) is 0 Å². The van der Waals surface area contributed by atoms with Gasteiger partial charge in [-0.05, 0) is 38.0 Å². The van der Waals surface area contributed by atoms with Crippen LogP contribution in [-0.2, 0) is 9.84 Å². The van der Waals surface area contributed by atoms with Crippen molar-refractivity contribution in [3.8, 4) is 0 Å². The molecule has 3 rings (SSSR count). The second-order valence-corrected chi connectivity index (χ2v) is 8.07. The molecule has 0 radical (unpaired) electrons. The lowest BCUT2D eigenvalue weighted by Crippen LogP contribution is -2.57. The first-order valence-electron chi connectivity index (χ1n) is 6.12. The van der Waals surface area contributed by atoms with E-state index in [1.807, 2.05) is 0 Å². The van der Waals surface area contributed by atoms with Crippen molar-refractivity contribution in [2.45, 2.75) is 37.8 Å². The Kier molecular flexibility index (Phi) is 2.24. The summed E-state index contributed by atoms with van der Waals surface area (Å²) in [5, 5.41) is 3.59. The van der Waals surface area contributed by atoms with Crippen LogP contribution in [0.2, 0.25) is 0 Å². The second-order valence-electron chi connectivity index (χ2n) is 5.89. The maximum atomic E-state index is 11.5. The summed E-state index contributed by atoms with van der Waals surface area (Å²) in [7, 11) is -2.79. The normalized spacial score (nSPS) is 48.9. The molecule has 3 aliphatic rings. The van der Waals surface area contributed by atoms with Gasteiger partial charge in [-0.1, -0.05) is 12.2 Å². The van der Waals surface area contributed by atoms with Crippen molar-refractivity contribution in [2.24, 2.45) is 11.8 Å². The number of rotatable bonds is 2. The average Bonchev–Trinajstić information content (AvgIpc) is 2.65. The molecule has 4 heteroatoms. The summed E-state index contributed by atoms with van der Waals surface area (Å²) in [5.41, 5.74) is -0.176. The van der Waals surface area contributed by atoms with Gasteiger partial charge in [-0.2, -0.15) is 0 Å². The highest BCUT2D eigenvalue weighted by atomic mass is 32.2. The molecular formula is C12H19NO2S. The summed E-state index contributed by atoms with van der Waals surface area (Å²) >= 11 is 0. The quantitative estimate of drug-likeness (QED) is 0.737. The van der Waals surface area contributed by atoms with E-state index in [4.69, 9.17) is 0 Å². The highest BCUT2D eigenvalue weighted by Gasteiger charge is 2.46. The minimum Gasteiger partial charge on any atom is -0.307 e. The molecule has 0 bridgehead atoms. The Morgan fingerprint density at radius 2 is 2.25 bits per heavy atom. The predicted octanol–water partition coefficient (Wildman–Crippen LogP) is 1.12. The lowest BCUT2D eigenvalue weighted by Gasteiger charge is -2.45. The largest absolute Gasteiger partial charge is 0.307 e. The Hall–Kier alpha value is -0.350. The maximum absolute atomic E-state index is 11.5. The summed E-state index contributed by atoms with van der Waals surface area (Å²) in [6.45, 7) is 2.06. The van der Waals surface area contributed by atoms with Crippen molar-refractivity contribution in [3.05, 3.63) is 12.2 Å². The van der Waals surface area contributed by atoms with Crippen LogP contribution in [0.15, 0.2) is 12.2 Å². The molecule has 1 saturated heterocycles. The molecule has 1 aliphatic heterocycles. The zero-order chi connectivity index (χ0) is 11.4. The van der Waals surface area contributed by atoms with Crippen molar-refractivity contribution in [1.82, 2.24) is 5.32 Å². The molecule has 0 aromatic rings. The summed E-state index contributed by atoms with van der Waals surface area (Å²) in [6.07, 6.45) is 7.78. The molecule has 4 unspecified atom stereocenters. The number of hydrogen-bond acceptors (Lipinski definition) is 3. The second kappa shape index (κ2) is 3.33. The van der Waals surface area contributed by atoms with Crippen LogP contribution in [-0.4, -0.2) is 31.5 Å². The van der Waals surface area contributed by atoms with Crippen molar-refractivity contribution in [1.29, 1.82) is 0 Å². The minimum atomic E-state index is -2.79. The highest BCUT2D eigenvalue weighted by molar-refractivity contribution is 7.91. The Bertz CT molecular complexity index is 428. The van der Waals surface area contributed by atoms with Gasteiger partial charge >= 0.3 is 0 Å². The number of allylic oxidation sites excluding steroid dienone is 1. The van der Waals surface area contributed by atoms with Gasteiger partial charge in [0, 0.05) is 11.6 Å². The number of nitrogens with one attached hydrogen (secondary N) is 1. The lowest BCUT2D eigenvalue weighted by atomic mass is 9.70. The van der Waals surface area contributed by atoms with E-state index in [2.05, 4.69) is 24.4 Å². The molecule has 1 N–H and O–H groups in total. The fourth-order valence-electron chi connectivity index (χ4n) is 3.46. The predicted molar refractivity (Wildman–Crippen MR) is 64.0 cm³/mol. The molecule has 2 aliphatic carbocycles. The summed E-state index contributed by atoms with van der Waals surface area (Å²) in [6, 6.07) is 0.516. The average molecular weight is 241 g/mol. The molecule has 16 heavy (non-hydrogen) atoms. The van der Waals surface area contributed by atoms with E-state index in [1.165, 1.54) is 12.8 Å². The molecule has 1 heterocycles. The van der Waals surface area contributed by atoms with Crippen LogP contribution in [0.5, 0.6) is 0 Å². The van der Waals surface area contributed by atoms with Crippen molar-refractivity contribution in [3.63, 3.8) is 0 Å². The van der Waals surface area contributed by atoms with Gasteiger partial charge in [-0.3, -0.25) is 0 Å². The van der Waals surface area contributed by atoms with Crippen LogP contribution < -0.4 is 5.32 Å². The van der Waals surface area contributed by atoms with E-state index in [0.717, 1.165) is 12.3 Å². The third-order valence-electron chi connectivity index (χ3n) is 4.40. The molecule has 2 fully saturated rings. The summed E-state index contributed by atoms with van der Waals surface area (Å²) in [5.74, 6) is 2.17. The van der Waals surface area contributed by atoms with Gasteiger partial charge in [0.05, 0.1) is 11.5 Å². The molecule has 0 aromatic heterocycles. The third kappa shape index (κ3) is 1.72. The molecule has 1 saturated carbocycles. The lowest BCUT2D eigenvalue weighted by molar-refractivity contribution is 0.131. The minimum absolute atomic E-state index is 0.176. The van der Waals surface area contributed by atoms with Crippen LogP contribution in [0.25, 0.3) is 0 Å². The Morgan fingerprint density at radius 3 is 2.88 bits per heavy atom. The summed E-state index contributed by atoms with van der Waals surface area (Å²) in [4.78, 5) is 0. The Morgan fingerprint density at radius 1 is 1.44 bits per heavy atom. The van der Waals surface area contributed by atoms with Gasteiger partial charge in [0.25, 0.3) is 0 Å². The van der Waals surface area contributed by atoms with Crippen molar-refractivity contribution < 1.29 is 8.42 Å². The molecule has 0 spiro atoms. The van der Waals surface area contributed by atoms with Gasteiger partial charge in [-0.25, -0.2) is 8.42 Å². The first kappa shape index (κ1) is 10.8. The molecule has 0 amide bonds. The van der Waals surface area contributed by atoms with Crippen LogP contribution in [0, 0.1) is 11.8 Å². The van der Waals surface area contributed by atoms with Gasteiger partial charge in [0.2, 0.25) is 0 Å². The zero-order valence-electron chi connectivity index (χ0n) is 9.65. The van der Waals surface area contributed by atoms with Gasteiger partial charge < -0.3 is 5.32 Å². The number of fused-ring (bicyclic) bond motifs is 1. The standard InChI is InChI=1S/C12H19NO2S/c1-12(5-6-16(14,15)8-12)13-11-7-9-3-2-4-10(9)11/h2,4,9-11,13H,3,5-8H2,1H3. The van der Waals surface area contributed by atoms with E-state index in [9.17, 15) is 8.42 Å². The summed E-state index contributed by atoms with van der Waals surface area (Å²) < 4.78 is 23.0. The molecule has 4 atom stereocenters. The van der Waals surface area contributed by atoms with Crippen LogP contribution in [0.4, 0.5) is 0 Å². The van der Waals surface area contributed by atoms with E-state index in [-0.39, 0.29) is 5.54 Å². The van der Waals surface area contributed by atoms with E-state index < -0.39 is 9.84 Å². The SMILES string of the molecule is CC1(NC2CC3CC=CC32)CCS(=O)(=O)C1. The van der Waals surface area contributed by atoms with Crippen molar-refractivity contribution in [2.75, 3.05) is 11.5 Å². The van der Waals surface area contributed by atoms with Gasteiger partial charge in [0.1, 0.15) is 0 Å². The topological polar surface area (TPSA) is 46.2 Å². The zero-order valence-corrected chi connectivity index (χ0v) is 10.5. The maximum Gasteiger partial charge on any atom is 0.152 e. The van der Waals surface area contributed by atoms with Crippen LogP contribution >= 0.6 is 0 Å². The van der Waals surface area contributed by atoms with Crippen LogP contribution in [0.1, 0.15) is 26.2 Å². The number of hydrogen-bond donors (Lipinski definition) is 1. The Balaban J connectivity index is 1.65. The van der Waals surface area contributed by atoms with Crippen molar-refractivity contribution >= 4 is 9.84 Å². The monoisotopic (exact) mass is 241 g/mol. The third-order valence-corrected chi connectivity index (χ3v) is 6.30. The van der Waals surface area contributed by atoms with E-state index in [0.29, 0.717) is 23.5 Å². The number of sulfone groups is 1. The van der Waals surface area contributed by atoms with E-state index >= 15 is 0 Å². The fourth-order valence-corrected chi connectivity index (χ4v) is 5.56. The first-order valence-corrected chi connectivity index (χ1v) is 7.94. The fraction of sp³-hybridized carbons (Fsp3) is 0.833.